The number of ketones is 1. The molecule has 7 bridgehead atoms. The van der Waals surface area contributed by atoms with E-state index in [4.69, 9.17) is 18.9 Å². The molecule has 0 aromatic heterocycles. The number of Topliss-reactive ketones (excluding diaryl/α,β-unsaturated/α-hetero) is 1. The highest BCUT2D eigenvalue weighted by Crippen LogP contribution is 2.58. The molecule has 0 spiro atoms. The van der Waals surface area contributed by atoms with Gasteiger partial charge in [0.2, 0.25) is 0 Å². The number of aliphatic hydroxyl groups excluding tert-OH is 1. The van der Waals surface area contributed by atoms with Crippen molar-refractivity contribution in [1.29, 1.82) is 0 Å². The van der Waals surface area contributed by atoms with E-state index >= 15 is 0 Å². The predicted molar refractivity (Wildman–Crippen MR) is 244 cm³/mol. The predicted octanol–water partition coefficient (Wildman–Crippen LogP) is 7.39. The number of aryl methyl sites for hydroxylation is 3. The molecule has 9 atom stereocenters. The first-order valence-electron chi connectivity index (χ1n) is 22.2. The maximum absolute atomic E-state index is 14.7. The smallest absolute Gasteiger partial charge is 0.312 e. The molecule has 5 aliphatic rings. The van der Waals surface area contributed by atoms with Crippen LogP contribution >= 0.6 is 0 Å². The summed E-state index contributed by atoms with van der Waals surface area (Å²) in [5.41, 5.74) is 5.06. The van der Waals surface area contributed by atoms with E-state index in [1.807, 2.05) is 32.6 Å². The second kappa shape index (κ2) is 17.8. The van der Waals surface area contributed by atoms with E-state index in [-0.39, 0.29) is 56.4 Å². The van der Waals surface area contributed by atoms with Crippen molar-refractivity contribution in [2.24, 2.45) is 23.7 Å². The Morgan fingerprint density at radius 2 is 1.55 bits per heavy atom. The number of piperazine rings is 1. The van der Waals surface area contributed by atoms with Gasteiger partial charge in [0.1, 0.15) is 34.7 Å². The van der Waals surface area contributed by atoms with E-state index < -0.39 is 76.9 Å². The van der Waals surface area contributed by atoms with Gasteiger partial charge >= 0.3 is 11.8 Å². The van der Waals surface area contributed by atoms with Crippen LogP contribution in [0.4, 0.5) is 11.4 Å². The molecular formula is C50H63N3O11. The van der Waals surface area contributed by atoms with Gasteiger partial charge in [-0.3, -0.25) is 19.3 Å². The number of fused-ring (bicyclic) bond motifs is 8. The van der Waals surface area contributed by atoms with Gasteiger partial charge in [0.15, 0.2) is 5.75 Å². The Hall–Kier alpha value is -5.57. The molecule has 8 rings (SSSR count). The molecule has 0 aliphatic carbocycles. The first-order chi connectivity index (χ1) is 30.1. The topological polar surface area (TPSA) is 188 Å². The first-order valence-corrected chi connectivity index (χ1v) is 22.2. The number of allylic oxidation sites excluding steroid dienone is 2. The molecule has 0 saturated carbocycles. The van der Waals surface area contributed by atoms with E-state index in [9.17, 15) is 34.8 Å². The number of carbonyl (C=O) groups is 3. The molecule has 344 valence electrons. The fourth-order valence-corrected chi connectivity index (χ4v) is 10.1. The monoisotopic (exact) mass is 881 g/mol. The normalized spacial score (nSPS) is 30.8. The number of esters is 1. The first kappa shape index (κ1) is 46.4. The summed E-state index contributed by atoms with van der Waals surface area (Å²) >= 11 is 0. The lowest BCUT2D eigenvalue weighted by atomic mass is 9.75. The summed E-state index contributed by atoms with van der Waals surface area (Å²) in [6.07, 6.45) is 5.22. The number of hydrogen-bond acceptors (Lipinski definition) is 13. The second-order valence-corrected chi connectivity index (χ2v) is 18.6. The highest BCUT2D eigenvalue weighted by molar-refractivity contribution is 6.23. The van der Waals surface area contributed by atoms with Gasteiger partial charge in [-0.1, -0.05) is 63.6 Å². The third kappa shape index (κ3) is 8.31. The summed E-state index contributed by atoms with van der Waals surface area (Å²) in [6.45, 7) is 22.4. The van der Waals surface area contributed by atoms with Crippen molar-refractivity contribution in [1.82, 2.24) is 4.90 Å². The van der Waals surface area contributed by atoms with Crippen molar-refractivity contribution < 1.29 is 53.8 Å². The zero-order valence-corrected chi connectivity index (χ0v) is 38.7. The van der Waals surface area contributed by atoms with Crippen LogP contribution in [0.1, 0.15) is 86.6 Å². The van der Waals surface area contributed by atoms with Gasteiger partial charge in [0.05, 0.1) is 35.5 Å². The highest BCUT2D eigenvalue weighted by atomic mass is 16.7. The second-order valence-electron chi connectivity index (χ2n) is 18.6. The number of anilines is 2. The van der Waals surface area contributed by atoms with E-state index in [2.05, 4.69) is 43.1 Å². The molecule has 14 nitrogen and oxygen atoms in total. The Balaban J connectivity index is 1.34. The van der Waals surface area contributed by atoms with Crippen LogP contribution in [-0.4, -0.2) is 99.4 Å². The molecular weight excluding hydrogens is 819 g/mol. The van der Waals surface area contributed by atoms with Crippen molar-refractivity contribution in [3.63, 3.8) is 0 Å². The zero-order chi connectivity index (χ0) is 46.7. The molecule has 2 fully saturated rings. The Kier molecular flexibility index (Phi) is 12.9. The third-order valence-corrected chi connectivity index (χ3v) is 13.9. The van der Waals surface area contributed by atoms with Crippen LogP contribution in [0.5, 0.6) is 23.0 Å². The van der Waals surface area contributed by atoms with Crippen molar-refractivity contribution in [3.05, 3.63) is 81.7 Å². The Bertz CT molecular complexity index is 2450. The summed E-state index contributed by atoms with van der Waals surface area (Å²) < 4.78 is 24.9. The number of aromatic hydroxyl groups is 3. The van der Waals surface area contributed by atoms with Crippen molar-refractivity contribution in [2.75, 3.05) is 36.4 Å². The van der Waals surface area contributed by atoms with Crippen LogP contribution in [0, 0.1) is 51.4 Å². The Labute approximate surface area is 375 Å². The minimum atomic E-state index is -2.00. The highest BCUT2D eigenvalue weighted by Gasteiger charge is 2.51. The number of phenolic OH excluding ortho intramolecular Hbond substituents is 3. The van der Waals surface area contributed by atoms with Crippen LogP contribution in [0.25, 0.3) is 10.8 Å². The van der Waals surface area contributed by atoms with Gasteiger partial charge in [-0.25, -0.2) is 0 Å². The van der Waals surface area contributed by atoms with Crippen LogP contribution in [0.15, 0.2) is 48.3 Å². The zero-order valence-electron chi connectivity index (χ0n) is 38.7. The molecule has 9 unspecified atom stereocenters. The summed E-state index contributed by atoms with van der Waals surface area (Å²) in [5.74, 6) is -6.72. The SMILES string of the molecule is CC(=O)OC1C(C)C2/C=C/OC3(C)Oc4c(C)c(O)c5c(O)c(c(N6CCN(Cc7c(C)cc(C)cc7C)CC6)c(O)c5c4C3=O)NC(=O)/C(C)=C\C=C\C(C)C(O)C(C)C(O2)C1C. The molecule has 5 aliphatic heterocycles. The number of benzene rings is 3. The molecule has 14 heteroatoms. The maximum Gasteiger partial charge on any atom is 0.312 e. The quantitative estimate of drug-likeness (QED) is 0.0993. The average Bonchev–Trinajstić information content (AvgIpc) is 3.50. The Morgan fingerprint density at radius 3 is 2.19 bits per heavy atom. The summed E-state index contributed by atoms with van der Waals surface area (Å²) in [5, 5.41) is 50.6. The number of amides is 1. The van der Waals surface area contributed by atoms with Gasteiger partial charge in [0, 0.05) is 86.8 Å². The fourth-order valence-electron chi connectivity index (χ4n) is 10.1. The lowest BCUT2D eigenvalue weighted by Crippen LogP contribution is -2.54. The molecule has 3 aromatic rings. The number of carbonyl (C=O) groups excluding carboxylic acids is 3. The minimum Gasteiger partial charge on any atom is -0.507 e. The van der Waals surface area contributed by atoms with E-state index in [0.29, 0.717) is 32.7 Å². The van der Waals surface area contributed by atoms with Gasteiger partial charge in [-0.05, 0) is 57.4 Å². The molecule has 0 radical (unpaired) electrons. The minimum absolute atomic E-state index is 0.0380. The van der Waals surface area contributed by atoms with Crippen LogP contribution in [-0.2, 0) is 30.3 Å². The van der Waals surface area contributed by atoms with Gasteiger partial charge in [-0.15, -0.1) is 0 Å². The summed E-state index contributed by atoms with van der Waals surface area (Å²) in [6, 6.07) is 4.35. The van der Waals surface area contributed by atoms with Crippen LogP contribution in [0.2, 0.25) is 0 Å². The van der Waals surface area contributed by atoms with E-state index in [1.54, 1.807) is 31.2 Å². The number of nitrogens with one attached hydrogen (secondary N) is 1. The van der Waals surface area contributed by atoms with E-state index in [0.717, 1.165) is 0 Å². The number of nitrogens with zero attached hydrogens (tertiary/aromatic N) is 2. The van der Waals surface area contributed by atoms with Crippen molar-refractivity contribution >= 4 is 39.8 Å². The molecule has 5 heterocycles. The molecule has 64 heavy (non-hydrogen) atoms. The standard InChI is InChI=1S/C50H63N3O11/c1-24-21-27(4)34(28(5)22-24)23-52-16-18-53(19-17-52)40-39-43(57)37-36(44(40)58)38-47(31(8)42(37)56)64-50(11,48(38)59)61-20-15-35-29(6)45(62-33(10)54)32(9)46(63-35)30(7)41(55)25(2)13-12-14-26(3)49(60)51-39/h12-15,20-22,25,29-30,32,35,41,45-46,55-58H,16-19,23H2,1-11H3,(H,51,60)/b13-12+,20-15+,26-14-. The summed E-state index contributed by atoms with van der Waals surface area (Å²) in [4.78, 5) is 45.2. The van der Waals surface area contributed by atoms with Gasteiger partial charge in [-0.2, -0.15) is 0 Å². The number of hydrogen-bond donors (Lipinski definition) is 5. The van der Waals surface area contributed by atoms with Crippen LogP contribution < -0.4 is 15.0 Å². The van der Waals surface area contributed by atoms with Gasteiger partial charge in [0.25, 0.3) is 11.7 Å². The van der Waals surface area contributed by atoms with Crippen molar-refractivity contribution in [3.8, 4) is 23.0 Å². The van der Waals surface area contributed by atoms with Gasteiger partial charge < -0.3 is 49.6 Å². The van der Waals surface area contributed by atoms with Crippen molar-refractivity contribution in [2.45, 2.75) is 113 Å². The molecule has 1 amide bonds. The largest absolute Gasteiger partial charge is 0.507 e. The number of phenols is 3. The lowest BCUT2D eigenvalue weighted by molar-refractivity contribution is -0.197. The average molecular weight is 882 g/mol. The number of rotatable bonds is 4. The molecule has 3 aromatic carbocycles. The fraction of sp³-hybridized carbons (Fsp3) is 0.500. The molecule has 2 saturated heterocycles. The lowest BCUT2D eigenvalue weighted by Gasteiger charge is -2.46. The Morgan fingerprint density at radius 1 is 0.891 bits per heavy atom. The number of aliphatic hydroxyl groups is 1. The maximum atomic E-state index is 14.7. The third-order valence-electron chi connectivity index (χ3n) is 13.9. The molecule has 5 N–H and O–H groups in total. The number of ether oxygens (including phenoxy) is 4. The van der Waals surface area contributed by atoms with E-state index in [1.165, 1.54) is 49.3 Å². The summed E-state index contributed by atoms with van der Waals surface area (Å²) in [7, 11) is 0. The van der Waals surface area contributed by atoms with Crippen LogP contribution in [0.3, 0.4) is 0 Å².